The monoisotopic (exact) mass is 282 g/mol. The van der Waals surface area contributed by atoms with Crippen LogP contribution in [0.4, 0.5) is 5.69 Å². The van der Waals surface area contributed by atoms with Gasteiger partial charge in [0, 0.05) is 23.8 Å². The highest BCUT2D eigenvalue weighted by atomic mass is 14.8. The number of hydrogen-bond donors (Lipinski definition) is 1. The van der Waals surface area contributed by atoms with Crippen LogP contribution in [0.25, 0.3) is 10.9 Å². The lowest BCUT2D eigenvalue weighted by atomic mass is 9.94. The standard InChI is InChI=1S/C19H26N2/c1-4-13(2)14-10-11-18-16(12-14)19(20-3)15-8-6-5-7-9-17(15)21-18/h10-13H,4-9H2,1-3H3,(H,20,21). The third-order valence-corrected chi connectivity index (χ3v) is 4.97. The average Bonchev–Trinajstić information content (AvgIpc) is 2.76. The van der Waals surface area contributed by atoms with Gasteiger partial charge >= 0.3 is 0 Å². The Morgan fingerprint density at radius 1 is 1.19 bits per heavy atom. The van der Waals surface area contributed by atoms with E-state index in [0.29, 0.717) is 5.92 Å². The van der Waals surface area contributed by atoms with Gasteiger partial charge in [-0.2, -0.15) is 0 Å². The highest BCUT2D eigenvalue weighted by molar-refractivity contribution is 5.94. The Kier molecular flexibility index (Phi) is 4.14. The molecule has 0 bridgehead atoms. The van der Waals surface area contributed by atoms with Gasteiger partial charge in [-0.1, -0.05) is 26.3 Å². The van der Waals surface area contributed by atoms with Crippen molar-refractivity contribution in [2.75, 3.05) is 12.4 Å². The average molecular weight is 282 g/mol. The van der Waals surface area contributed by atoms with Gasteiger partial charge in [0.1, 0.15) is 0 Å². The van der Waals surface area contributed by atoms with E-state index >= 15 is 0 Å². The molecule has 0 amide bonds. The van der Waals surface area contributed by atoms with Gasteiger partial charge in [0.15, 0.2) is 0 Å². The van der Waals surface area contributed by atoms with Crippen LogP contribution in [0.3, 0.4) is 0 Å². The molecule has 0 saturated heterocycles. The second-order valence-corrected chi connectivity index (χ2v) is 6.31. The fourth-order valence-corrected chi connectivity index (χ4v) is 3.45. The van der Waals surface area contributed by atoms with Gasteiger partial charge in [0.05, 0.1) is 5.52 Å². The first kappa shape index (κ1) is 14.4. The van der Waals surface area contributed by atoms with E-state index in [4.69, 9.17) is 4.98 Å². The molecule has 112 valence electrons. The number of hydrogen-bond acceptors (Lipinski definition) is 2. The van der Waals surface area contributed by atoms with Crippen molar-refractivity contribution in [2.45, 2.75) is 58.3 Å². The molecule has 1 aromatic carbocycles. The number of nitrogens with zero attached hydrogens (tertiary/aromatic N) is 1. The molecule has 1 aromatic heterocycles. The third kappa shape index (κ3) is 2.64. The fraction of sp³-hybridized carbons (Fsp3) is 0.526. The van der Waals surface area contributed by atoms with E-state index in [0.717, 1.165) is 11.9 Å². The number of aromatic nitrogens is 1. The summed E-state index contributed by atoms with van der Waals surface area (Å²) in [5, 5.41) is 4.77. The predicted molar refractivity (Wildman–Crippen MR) is 91.3 cm³/mol. The zero-order valence-electron chi connectivity index (χ0n) is 13.5. The van der Waals surface area contributed by atoms with Crippen molar-refractivity contribution in [1.29, 1.82) is 0 Å². The molecule has 2 heteroatoms. The normalized spacial score (nSPS) is 16.3. The van der Waals surface area contributed by atoms with Gasteiger partial charge in [-0.25, -0.2) is 0 Å². The van der Waals surface area contributed by atoms with Crippen molar-refractivity contribution in [3.05, 3.63) is 35.0 Å². The van der Waals surface area contributed by atoms with Crippen LogP contribution in [-0.2, 0) is 12.8 Å². The van der Waals surface area contributed by atoms with Crippen molar-refractivity contribution in [2.24, 2.45) is 0 Å². The summed E-state index contributed by atoms with van der Waals surface area (Å²) in [6.07, 6.45) is 7.38. The number of benzene rings is 1. The van der Waals surface area contributed by atoms with Crippen LogP contribution < -0.4 is 5.32 Å². The fourth-order valence-electron chi connectivity index (χ4n) is 3.45. The third-order valence-electron chi connectivity index (χ3n) is 4.97. The van der Waals surface area contributed by atoms with Gasteiger partial charge in [0.25, 0.3) is 0 Å². The SMILES string of the molecule is CCC(C)c1ccc2nc3c(c(NC)c2c1)CCCCC3. The molecule has 0 aliphatic heterocycles. The summed E-state index contributed by atoms with van der Waals surface area (Å²) < 4.78 is 0. The molecule has 1 atom stereocenters. The second kappa shape index (κ2) is 6.05. The summed E-state index contributed by atoms with van der Waals surface area (Å²) in [6, 6.07) is 6.82. The molecule has 1 heterocycles. The quantitative estimate of drug-likeness (QED) is 0.796. The largest absolute Gasteiger partial charge is 0.387 e. The molecule has 0 saturated carbocycles. The predicted octanol–water partition coefficient (Wildman–Crippen LogP) is 5.06. The second-order valence-electron chi connectivity index (χ2n) is 6.31. The number of rotatable bonds is 3. The van der Waals surface area contributed by atoms with Crippen molar-refractivity contribution in [3.63, 3.8) is 0 Å². The Labute approximate surface area is 128 Å². The minimum atomic E-state index is 0.609. The molecule has 1 N–H and O–H groups in total. The Morgan fingerprint density at radius 2 is 2.00 bits per heavy atom. The van der Waals surface area contributed by atoms with Crippen LogP contribution in [0.5, 0.6) is 0 Å². The van der Waals surface area contributed by atoms with Gasteiger partial charge in [-0.15, -0.1) is 0 Å². The molecule has 3 rings (SSSR count). The Bertz CT molecular complexity index is 646. The van der Waals surface area contributed by atoms with Crippen molar-refractivity contribution in [1.82, 2.24) is 4.98 Å². The van der Waals surface area contributed by atoms with Crippen LogP contribution in [0.2, 0.25) is 0 Å². The van der Waals surface area contributed by atoms with Crippen LogP contribution in [-0.4, -0.2) is 12.0 Å². The van der Waals surface area contributed by atoms with E-state index in [9.17, 15) is 0 Å². The van der Waals surface area contributed by atoms with Gasteiger partial charge in [-0.3, -0.25) is 4.98 Å². The highest BCUT2D eigenvalue weighted by Gasteiger charge is 2.17. The molecule has 1 unspecified atom stereocenters. The van der Waals surface area contributed by atoms with E-state index < -0.39 is 0 Å². The Hall–Kier alpha value is -1.57. The first-order valence-electron chi connectivity index (χ1n) is 8.37. The van der Waals surface area contributed by atoms with Crippen LogP contribution in [0.15, 0.2) is 18.2 Å². The number of aryl methyl sites for hydroxylation is 1. The summed E-state index contributed by atoms with van der Waals surface area (Å²) in [5.41, 5.74) is 6.68. The lowest BCUT2D eigenvalue weighted by Crippen LogP contribution is -2.04. The lowest BCUT2D eigenvalue weighted by Gasteiger charge is -2.17. The van der Waals surface area contributed by atoms with Crippen LogP contribution >= 0.6 is 0 Å². The summed E-state index contributed by atoms with van der Waals surface area (Å²) >= 11 is 0. The first-order chi connectivity index (χ1) is 10.2. The molecular formula is C19H26N2. The highest BCUT2D eigenvalue weighted by Crippen LogP contribution is 2.34. The summed E-state index contributed by atoms with van der Waals surface area (Å²) in [5.74, 6) is 0.609. The van der Waals surface area contributed by atoms with Crippen molar-refractivity contribution < 1.29 is 0 Å². The minimum Gasteiger partial charge on any atom is -0.387 e. The lowest BCUT2D eigenvalue weighted by molar-refractivity contribution is 0.709. The topological polar surface area (TPSA) is 24.9 Å². The van der Waals surface area contributed by atoms with E-state index in [1.165, 1.54) is 60.0 Å². The zero-order valence-corrected chi connectivity index (χ0v) is 13.5. The Balaban J connectivity index is 2.21. The van der Waals surface area contributed by atoms with E-state index in [2.05, 4.69) is 44.4 Å². The molecule has 0 spiro atoms. The maximum Gasteiger partial charge on any atom is 0.0726 e. The number of anilines is 1. The molecule has 1 aliphatic rings. The molecule has 1 aliphatic carbocycles. The summed E-state index contributed by atoms with van der Waals surface area (Å²) in [7, 11) is 2.05. The number of fused-ring (bicyclic) bond motifs is 2. The van der Waals surface area contributed by atoms with Crippen molar-refractivity contribution >= 4 is 16.6 Å². The molecule has 21 heavy (non-hydrogen) atoms. The number of nitrogens with one attached hydrogen (secondary N) is 1. The molecule has 0 fully saturated rings. The summed E-state index contributed by atoms with van der Waals surface area (Å²) in [4.78, 5) is 4.97. The molecular weight excluding hydrogens is 256 g/mol. The zero-order chi connectivity index (χ0) is 14.8. The molecule has 0 radical (unpaired) electrons. The smallest absolute Gasteiger partial charge is 0.0726 e. The maximum absolute atomic E-state index is 4.97. The van der Waals surface area contributed by atoms with Crippen LogP contribution in [0.1, 0.15) is 62.3 Å². The maximum atomic E-state index is 4.97. The summed E-state index contributed by atoms with van der Waals surface area (Å²) in [6.45, 7) is 4.56. The van der Waals surface area contributed by atoms with Crippen molar-refractivity contribution in [3.8, 4) is 0 Å². The van der Waals surface area contributed by atoms with Gasteiger partial charge < -0.3 is 5.32 Å². The molecule has 2 aromatic rings. The number of pyridine rings is 1. The van der Waals surface area contributed by atoms with Crippen LogP contribution in [0, 0.1) is 0 Å². The van der Waals surface area contributed by atoms with Gasteiger partial charge in [0.2, 0.25) is 0 Å². The van der Waals surface area contributed by atoms with E-state index in [1.807, 2.05) is 0 Å². The molecule has 2 nitrogen and oxygen atoms in total. The van der Waals surface area contributed by atoms with E-state index in [1.54, 1.807) is 0 Å². The minimum absolute atomic E-state index is 0.609. The Morgan fingerprint density at radius 3 is 2.76 bits per heavy atom. The van der Waals surface area contributed by atoms with E-state index in [-0.39, 0.29) is 0 Å². The first-order valence-corrected chi connectivity index (χ1v) is 8.37. The van der Waals surface area contributed by atoms with Gasteiger partial charge in [-0.05, 0) is 61.3 Å².